The Labute approximate surface area is 221 Å². The molecule has 8 nitrogen and oxygen atoms in total. The van der Waals surface area contributed by atoms with Gasteiger partial charge in [-0.25, -0.2) is 4.79 Å². The summed E-state index contributed by atoms with van der Waals surface area (Å²) in [4.78, 5) is 24.1. The third-order valence-electron chi connectivity index (χ3n) is 6.25. The molecule has 2 unspecified atom stereocenters. The van der Waals surface area contributed by atoms with Crippen molar-refractivity contribution in [2.45, 2.75) is 45.9 Å². The quantitative estimate of drug-likeness (QED) is 0.246. The zero-order valence-corrected chi connectivity index (χ0v) is 21.6. The van der Waals surface area contributed by atoms with Crippen molar-refractivity contribution in [3.05, 3.63) is 102 Å². The van der Waals surface area contributed by atoms with Crippen LogP contribution in [0.25, 0.3) is 11.3 Å². The summed E-state index contributed by atoms with van der Waals surface area (Å²) in [5, 5.41) is 16.8. The molecule has 0 aliphatic carbocycles. The van der Waals surface area contributed by atoms with Crippen LogP contribution in [0.1, 0.15) is 49.5 Å². The summed E-state index contributed by atoms with van der Waals surface area (Å²) in [6.07, 6.45) is 0.822. The lowest BCUT2D eigenvalue weighted by Crippen LogP contribution is -2.16. The molecule has 0 saturated carbocycles. The maximum atomic E-state index is 12.6. The van der Waals surface area contributed by atoms with Crippen molar-refractivity contribution in [3.8, 4) is 17.0 Å². The summed E-state index contributed by atoms with van der Waals surface area (Å²) in [5.74, 6) is -1.03. The molecule has 4 aromatic rings. The first kappa shape index (κ1) is 26.5. The molecular formula is C30H31N3O5. The Bertz CT molecular complexity index is 1380. The Balaban J connectivity index is 1.45. The predicted octanol–water partition coefficient (Wildman–Crippen LogP) is 6.65. The summed E-state index contributed by atoms with van der Waals surface area (Å²) >= 11 is 0. The number of aryl methyl sites for hydroxylation is 1. The number of ether oxygens (including phenoxy) is 2. The van der Waals surface area contributed by atoms with Gasteiger partial charge in [0.25, 0.3) is 0 Å². The van der Waals surface area contributed by atoms with E-state index in [-0.39, 0.29) is 6.61 Å². The molecule has 0 aliphatic heterocycles. The van der Waals surface area contributed by atoms with Crippen LogP contribution in [0, 0.1) is 0 Å². The maximum Gasteiger partial charge on any atom is 0.412 e. The van der Waals surface area contributed by atoms with E-state index in [0.29, 0.717) is 29.2 Å². The van der Waals surface area contributed by atoms with Crippen LogP contribution in [0.5, 0.6) is 5.75 Å². The molecule has 196 valence electrons. The number of aliphatic carboxylic acids is 1. The molecule has 1 heterocycles. The number of amides is 1. The minimum Gasteiger partial charge on any atom is -0.489 e. The first-order chi connectivity index (χ1) is 18.4. The second-order valence-electron chi connectivity index (χ2n) is 8.91. The molecule has 0 bridgehead atoms. The molecule has 1 aromatic heterocycles. The zero-order valence-electron chi connectivity index (χ0n) is 21.6. The predicted molar refractivity (Wildman–Crippen MR) is 145 cm³/mol. The molecule has 2 atom stereocenters. The van der Waals surface area contributed by atoms with E-state index in [4.69, 9.17) is 9.47 Å². The molecule has 3 aromatic carbocycles. The molecule has 4 rings (SSSR count). The number of anilines is 1. The van der Waals surface area contributed by atoms with Crippen LogP contribution in [0.15, 0.2) is 85.1 Å². The Morgan fingerprint density at radius 2 is 1.66 bits per heavy atom. The molecule has 0 saturated heterocycles. The summed E-state index contributed by atoms with van der Waals surface area (Å²) in [6, 6.07) is 24.4. The van der Waals surface area contributed by atoms with Gasteiger partial charge in [0, 0.05) is 23.9 Å². The molecule has 2 N–H and O–H groups in total. The highest BCUT2D eigenvalue weighted by Crippen LogP contribution is 2.30. The average molecular weight is 514 g/mol. The molecule has 38 heavy (non-hydrogen) atoms. The van der Waals surface area contributed by atoms with Crippen molar-refractivity contribution >= 4 is 17.7 Å². The number of carbonyl (C=O) groups is 2. The molecule has 0 spiro atoms. The second kappa shape index (κ2) is 12.1. The number of aromatic nitrogens is 2. The monoisotopic (exact) mass is 513 g/mol. The van der Waals surface area contributed by atoms with Crippen molar-refractivity contribution in [1.82, 2.24) is 9.78 Å². The standard InChI is InChI=1S/C30H31N3O5/c1-4-33-18-26(31-30(36)38-21(3)23-10-6-5-7-11-23)28(32-33)24-16-14-22(15-17-24)19-37-27-13-9-8-12-25(27)20(2)29(34)35/h5-18,20-21H,4,19H2,1-3H3,(H,31,36)(H,34,35). The number of para-hydroxylation sites is 1. The van der Waals surface area contributed by atoms with E-state index in [0.717, 1.165) is 16.7 Å². The van der Waals surface area contributed by atoms with Gasteiger partial charge in [-0.05, 0) is 38.0 Å². The van der Waals surface area contributed by atoms with Crippen LogP contribution in [0.2, 0.25) is 0 Å². The van der Waals surface area contributed by atoms with Crippen molar-refractivity contribution in [3.63, 3.8) is 0 Å². The number of rotatable bonds is 10. The van der Waals surface area contributed by atoms with Crippen LogP contribution in [0.3, 0.4) is 0 Å². The van der Waals surface area contributed by atoms with Gasteiger partial charge in [-0.15, -0.1) is 0 Å². The number of benzene rings is 3. The van der Waals surface area contributed by atoms with Crippen LogP contribution in [0.4, 0.5) is 10.5 Å². The fourth-order valence-electron chi connectivity index (χ4n) is 4.00. The van der Waals surface area contributed by atoms with Crippen molar-refractivity contribution < 1.29 is 24.2 Å². The Kier molecular flexibility index (Phi) is 8.43. The van der Waals surface area contributed by atoms with Crippen LogP contribution >= 0.6 is 0 Å². The van der Waals surface area contributed by atoms with Gasteiger partial charge in [0.2, 0.25) is 0 Å². The van der Waals surface area contributed by atoms with E-state index in [1.165, 1.54) is 0 Å². The lowest BCUT2D eigenvalue weighted by Gasteiger charge is -2.15. The highest BCUT2D eigenvalue weighted by Gasteiger charge is 2.19. The molecule has 0 fully saturated rings. The Morgan fingerprint density at radius 1 is 0.974 bits per heavy atom. The Hall–Kier alpha value is -4.59. The van der Waals surface area contributed by atoms with E-state index >= 15 is 0 Å². The first-order valence-electron chi connectivity index (χ1n) is 12.5. The van der Waals surface area contributed by atoms with E-state index in [1.807, 2.05) is 74.5 Å². The molecule has 1 amide bonds. The third kappa shape index (κ3) is 6.39. The number of hydrogen-bond acceptors (Lipinski definition) is 5. The highest BCUT2D eigenvalue weighted by atomic mass is 16.6. The number of carboxylic acid groups (broad SMARTS) is 1. The van der Waals surface area contributed by atoms with Crippen LogP contribution in [-0.4, -0.2) is 26.9 Å². The van der Waals surface area contributed by atoms with E-state index in [1.54, 1.807) is 36.0 Å². The lowest BCUT2D eigenvalue weighted by atomic mass is 10.0. The van der Waals surface area contributed by atoms with Crippen molar-refractivity contribution in [2.24, 2.45) is 0 Å². The lowest BCUT2D eigenvalue weighted by molar-refractivity contribution is -0.138. The van der Waals surface area contributed by atoms with Gasteiger partial charge in [0.05, 0.1) is 11.6 Å². The molecule has 8 heteroatoms. The van der Waals surface area contributed by atoms with Gasteiger partial charge >= 0.3 is 12.1 Å². The fraction of sp³-hybridized carbons (Fsp3) is 0.233. The van der Waals surface area contributed by atoms with Gasteiger partial charge in [-0.1, -0.05) is 72.8 Å². The second-order valence-corrected chi connectivity index (χ2v) is 8.91. The van der Waals surface area contributed by atoms with Gasteiger partial charge in [-0.2, -0.15) is 5.10 Å². The molecule has 0 radical (unpaired) electrons. The normalized spacial score (nSPS) is 12.4. The van der Waals surface area contributed by atoms with E-state index < -0.39 is 24.1 Å². The number of nitrogens with zero attached hydrogens (tertiary/aromatic N) is 2. The topological polar surface area (TPSA) is 103 Å². The summed E-state index contributed by atoms with van der Waals surface area (Å²) in [5.41, 5.74) is 4.46. The fourth-order valence-corrected chi connectivity index (χ4v) is 4.00. The van der Waals surface area contributed by atoms with Gasteiger partial charge < -0.3 is 14.6 Å². The maximum absolute atomic E-state index is 12.6. The summed E-state index contributed by atoms with van der Waals surface area (Å²) < 4.78 is 13.3. The highest BCUT2D eigenvalue weighted by molar-refractivity contribution is 5.90. The minimum atomic E-state index is -0.903. The number of nitrogens with one attached hydrogen (secondary N) is 1. The van der Waals surface area contributed by atoms with Crippen LogP contribution < -0.4 is 10.1 Å². The molecular weight excluding hydrogens is 482 g/mol. The van der Waals surface area contributed by atoms with Gasteiger partial charge in [-0.3, -0.25) is 14.8 Å². The van der Waals surface area contributed by atoms with E-state index in [9.17, 15) is 14.7 Å². The van der Waals surface area contributed by atoms with Crippen molar-refractivity contribution in [2.75, 3.05) is 5.32 Å². The molecule has 0 aliphatic rings. The van der Waals surface area contributed by atoms with Crippen LogP contribution in [-0.2, 0) is 22.7 Å². The van der Waals surface area contributed by atoms with Gasteiger partial charge in [0.15, 0.2) is 0 Å². The smallest absolute Gasteiger partial charge is 0.412 e. The number of hydrogen-bond donors (Lipinski definition) is 2. The zero-order chi connectivity index (χ0) is 27.1. The largest absolute Gasteiger partial charge is 0.489 e. The number of carbonyl (C=O) groups excluding carboxylic acids is 1. The van der Waals surface area contributed by atoms with E-state index in [2.05, 4.69) is 10.4 Å². The summed E-state index contributed by atoms with van der Waals surface area (Å²) in [7, 11) is 0. The van der Waals surface area contributed by atoms with Gasteiger partial charge in [0.1, 0.15) is 24.2 Å². The first-order valence-corrected chi connectivity index (χ1v) is 12.5. The SMILES string of the molecule is CCn1cc(NC(=O)OC(C)c2ccccc2)c(-c2ccc(COc3ccccc3C(C)C(=O)O)cc2)n1. The number of carboxylic acids is 1. The minimum absolute atomic E-state index is 0.280. The summed E-state index contributed by atoms with van der Waals surface area (Å²) in [6.45, 7) is 6.36. The third-order valence-corrected chi connectivity index (χ3v) is 6.25. The average Bonchev–Trinajstić information content (AvgIpc) is 3.34. The van der Waals surface area contributed by atoms with Crippen molar-refractivity contribution in [1.29, 1.82) is 0 Å². The Morgan fingerprint density at radius 3 is 2.34 bits per heavy atom.